The lowest BCUT2D eigenvalue weighted by Crippen LogP contribution is -2.36. The van der Waals surface area contributed by atoms with Gasteiger partial charge in [-0.1, -0.05) is 6.07 Å². The molecule has 7 heteroatoms. The number of amides is 1. The van der Waals surface area contributed by atoms with Crippen molar-refractivity contribution in [2.75, 3.05) is 13.2 Å². The molecule has 1 amide bonds. The van der Waals surface area contributed by atoms with E-state index >= 15 is 0 Å². The van der Waals surface area contributed by atoms with Crippen LogP contribution in [0.25, 0.3) is 0 Å². The molecule has 0 bridgehead atoms. The Balaban J connectivity index is 2.77. The zero-order valence-electron chi connectivity index (χ0n) is 12.5. The lowest BCUT2D eigenvalue weighted by molar-refractivity contribution is -0.141. The number of carbonyl (C=O) groups is 2. The second-order valence-electron chi connectivity index (χ2n) is 5.07. The van der Waals surface area contributed by atoms with Gasteiger partial charge in [-0.2, -0.15) is 0 Å². The second kappa shape index (κ2) is 8.43. The van der Waals surface area contributed by atoms with Crippen molar-refractivity contribution in [3.8, 4) is 0 Å². The van der Waals surface area contributed by atoms with Crippen LogP contribution in [-0.4, -0.2) is 41.1 Å². The molecule has 0 aliphatic carbocycles. The van der Waals surface area contributed by atoms with E-state index in [2.05, 4.69) is 0 Å². The van der Waals surface area contributed by atoms with Crippen LogP contribution in [0.3, 0.4) is 0 Å². The molecule has 0 saturated heterocycles. The van der Waals surface area contributed by atoms with Crippen molar-refractivity contribution in [1.29, 1.82) is 0 Å². The van der Waals surface area contributed by atoms with Gasteiger partial charge in [-0.25, -0.2) is 8.78 Å². The monoisotopic (exact) mass is 315 g/mol. The van der Waals surface area contributed by atoms with Crippen molar-refractivity contribution in [2.45, 2.75) is 32.9 Å². The van der Waals surface area contributed by atoms with E-state index in [0.717, 1.165) is 12.1 Å². The predicted octanol–water partition coefficient (Wildman–Crippen LogP) is 2.19. The zero-order chi connectivity index (χ0) is 16.7. The number of benzene rings is 1. The Labute approximate surface area is 127 Å². The first-order valence-electron chi connectivity index (χ1n) is 6.84. The quantitative estimate of drug-likeness (QED) is 0.798. The molecule has 1 rings (SSSR count). The number of hydrogen-bond donors (Lipinski definition) is 1. The van der Waals surface area contributed by atoms with Gasteiger partial charge >= 0.3 is 5.97 Å². The molecule has 22 heavy (non-hydrogen) atoms. The highest BCUT2D eigenvalue weighted by Gasteiger charge is 2.17. The summed E-state index contributed by atoms with van der Waals surface area (Å²) in [6.07, 6.45) is -0.384. The van der Waals surface area contributed by atoms with E-state index in [9.17, 15) is 18.4 Å². The summed E-state index contributed by atoms with van der Waals surface area (Å²) in [6, 6.07) is 3.30. The SMILES string of the molecule is CC(C)OCC(=O)N(CCC(=O)O)Cc1ccc(F)c(F)c1. The van der Waals surface area contributed by atoms with Gasteiger partial charge in [0.25, 0.3) is 0 Å². The summed E-state index contributed by atoms with van der Waals surface area (Å²) >= 11 is 0. The van der Waals surface area contributed by atoms with Gasteiger partial charge < -0.3 is 14.7 Å². The van der Waals surface area contributed by atoms with E-state index in [1.807, 2.05) is 0 Å². The molecule has 0 saturated carbocycles. The van der Waals surface area contributed by atoms with Gasteiger partial charge in [0.1, 0.15) is 6.61 Å². The Kier molecular flexibility index (Phi) is 6.91. The summed E-state index contributed by atoms with van der Waals surface area (Å²) in [5.41, 5.74) is 0.377. The highest BCUT2D eigenvalue weighted by atomic mass is 19.2. The van der Waals surface area contributed by atoms with Crippen LogP contribution in [0.2, 0.25) is 0 Å². The Bertz CT molecular complexity index is 534. The number of nitrogens with zero attached hydrogens (tertiary/aromatic N) is 1. The van der Waals surface area contributed by atoms with E-state index < -0.39 is 23.5 Å². The summed E-state index contributed by atoms with van der Waals surface area (Å²) in [6.45, 7) is 3.30. The smallest absolute Gasteiger partial charge is 0.305 e. The maximum absolute atomic E-state index is 13.2. The Morgan fingerprint density at radius 2 is 1.95 bits per heavy atom. The van der Waals surface area contributed by atoms with Crippen LogP contribution in [0.5, 0.6) is 0 Å². The van der Waals surface area contributed by atoms with Crippen molar-refractivity contribution < 1.29 is 28.2 Å². The molecule has 0 fully saturated rings. The van der Waals surface area contributed by atoms with E-state index in [0.29, 0.717) is 5.56 Å². The number of carbonyl (C=O) groups excluding carboxylic acids is 1. The number of ether oxygens (including phenoxy) is 1. The molecule has 122 valence electrons. The third-order valence-corrected chi connectivity index (χ3v) is 2.85. The average molecular weight is 315 g/mol. The highest BCUT2D eigenvalue weighted by Crippen LogP contribution is 2.12. The summed E-state index contributed by atoms with van der Waals surface area (Å²) in [7, 11) is 0. The molecular formula is C15H19F2NO4. The van der Waals surface area contributed by atoms with Crippen molar-refractivity contribution in [3.63, 3.8) is 0 Å². The van der Waals surface area contributed by atoms with E-state index in [4.69, 9.17) is 9.84 Å². The molecule has 0 aromatic heterocycles. The summed E-state index contributed by atoms with van der Waals surface area (Å²) in [5, 5.41) is 8.73. The largest absolute Gasteiger partial charge is 0.481 e. The van der Waals surface area contributed by atoms with Gasteiger partial charge in [0, 0.05) is 13.1 Å². The summed E-state index contributed by atoms with van der Waals surface area (Å²) < 4.78 is 31.3. The number of aliphatic carboxylic acids is 1. The highest BCUT2D eigenvalue weighted by molar-refractivity contribution is 5.78. The van der Waals surface area contributed by atoms with Crippen LogP contribution in [0.15, 0.2) is 18.2 Å². The van der Waals surface area contributed by atoms with Crippen LogP contribution in [0.1, 0.15) is 25.8 Å². The normalized spacial score (nSPS) is 10.8. The maximum Gasteiger partial charge on any atom is 0.305 e. The molecule has 0 radical (unpaired) electrons. The van der Waals surface area contributed by atoms with Crippen molar-refractivity contribution >= 4 is 11.9 Å². The topological polar surface area (TPSA) is 66.8 Å². The third kappa shape index (κ3) is 6.17. The summed E-state index contributed by atoms with van der Waals surface area (Å²) in [4.78, 5) is 24.0. The molecule has 1 N–H and O–H groups in total. The van der Waals surface area contributed by atoms with E-state index in [1.54, 1.807) is 13.8 Å². The number of rotatable bonds is 8. The van der Waals surface area contributed by atoms with Gasteiger partial charge in [0.2, 0.25) is 5.91 Å². The van der Waals surface area contributed by atoms with E-state index in [1.165, 1.54) is 11.0 Å². The molecule has 0 spiro atoms. The molecule has 1 aromatic carbocycles. The minimum Gasteiger partial charge on any atom is -0.481 e. The molecular weight excluding hydrogens is 296 g/mol. The Hall–Kier alpha value is -2.02. The fourth-order valence-electron chi connectivity index (χ4n) is 1.71. The van der Waals surface area contributed by atoms with Gasteiger partial charge in [-0.05, 0) is 31.5 Å². The van der Waals surface area contributed by atoms with E-state index in [-0.39, 0.29) is 32.2 Å². The van der Waals surface area contributed by atoms with Crippen LogP contribution >= 0.6 is 0 Å². The molecule has 0 aliphatic heterocycles. The second-order valence-corrected chi connectivity index (χ2v) is 5.07. The van der Waals surface area contributed by atoms with Crippen LogP contribution in [0.4, 0.5) is 8.78 Å². The molecule has 0 aliphatic rings. The number of carboxylic acid groups (broad SMARTS) is 1. The standard InChI is InChI=1S/C15H19F2NO4/c1-10(2)22-9-14(19)18(6-5-15(20)21)8-11-3-4-12(16)13(17)7-11/h3-4,7,10H,5-6,8-9H2,1-2H3,(H,20,21). The average Bonchev–Trinajstić information content (AvgIpc) is 2.44. The molecule has 0 atom stereocenters. The number of carboxylic acids is 1. The summed E-state index contributed by atoms with van der Waals surface area (Å²) in [5.74, 6) is -3.44. The molecule has 5 nitrogen and oxygen atoms in total. The fourth-order valence-corrected chi connectivity index (χ4v) is 1.71. The molecule has 1 aromatic rings. The minimum atomic E-state index is -1.05. The zero-order valence-corrected chi connectivity index (χ0v) is 12.5. The molecule has 0 heterocycles. The maximum atomic E-state index is 13.2. The van der Waals surface area contributed by atoms with Crippen molar-refractivity contribution in [3.05, 3.63) is 35.4 Å². The van der Waals surface area contributed by atoms with Crippen LogP contribution in [-0.2, 0) is 20.9 Å². The van der Waals surface area contributed by atoms with Crippen LogP contribution in [0, 0.1) is 11.6 Å². The fraction of sp³-hybridized carbons (Fsp3) is 0.467. The third-order valence-electron chi connectivity index (χ3n) is 2.85. The van der Waals surface area contributed by atoms with Crippen molar-refractivity contribution in [1.82, 2.24) is 4.90 Å². The lowest BCUT2D eigenvalue weighted by atomic mass is 10.2. The first-order chi connectivity index (χ1) is 10.3. The van der Waals surface area contributed by atoms with Gasteiger partial charge in [0.15, 0.2) is 11.6 Å². The predicted molar refractivity (Wildman–Crippen MR) is 75.1 cm³/mol. The minimum absolute atomic E-state index is 0.00916. The molecule has 0 unspecified atom stereocenters. The van der Waals surface area contributed by atoms with Gasteiger partial charge in [-0.15, -0.1) is 0 Å². The first kappa shape index (κ1) is 18.0. The Morgan fingerprint density at radius 1 is 1.27 bits per heavy atom. The number of hydrogen-bond acceptors (Lipinski definition) is 3. The Morgan fingerprint density at radius 3 is 2.50 bits per heavy atom. The first-order valence-corrected chi connectivity index (χ1v) is 6.84. The van der Waals surface area contributed by atoms with Crippen LogP contribution < -0.4 is 0 Å². The van der Waals surface area contributed by atoms with Gasteiger partial charge in [0.05, 0.1) is 12.5 Å². The number of halogens is 2. The van der Waals surface area contributed by atoms with Gasteiger partial charge in [-0.3, -0.25) is 9.59 Å². The van der Waals surface area contributed by atoms with Crippen molar-refractivity contribution in [2.24, 2.45) is 0 Å². The lowest BCUT2D eigenvalue weighted by Gasteiger charge is -2.22.